The smallest absolute Gasteiger partial charge is 0.326 e. The van der Waals surface area contributed by atoms with Crippen molar-refractivity contribution < 1.29 is 29.4 Å². The Morgan fingerprint density at radius 2 is 1.50 bits per heavy atom. The highest BCUT2D eigenvalue weighted by atomic mass is 16.4. The van der Waals surface area contributed by atoms with Gasteiger partial charge in [-0.1, -0.05) is 13.8 Å². The summed E-state index contributed by atoms with van der Waals surface area (Å²) in [6, 6.07) is -4.35. The first-order valence-corrected chi connectivity index (χ1v) is 10.2. The largest absolute Gasteiger partial charge is 0.480 e. The van der Waals surface area contributed by atoms with Crippen molar-refractivity contribution in [2.24, 2.45) is 17.4 Å². The van der Waals surface area contributed by atoms with Gasteiger partial charge in [0.05, 0.1) is 12.1 Å². The zero-order valence-corrected chi connectivity index (χ0v) is 18.2. The number of amides is 3. The number of nitrogens with one attached hydrogen (secondary N) is 3. The number of hydrogen-bond donors (Lipinski definition) is 7. The standard InChI is InChI=1S/C19H37N5O6/c1-10(2)9-13(21)17(27)22-11(3)16(26)24-15(12(4)25)18(28)23-14(19(29)30)7-5-6-8-20/h10-15,25H,5-9,20-21H2,1-4H3,(H,22,27)(H,23,28)(H,24,26)(H,29,30). The molecular formula is C19H37N5O6. The van der Waals surface area contributed by atoms with Gasteiger partial charge >= 0.3 is 5.97 Å². The van der Waals surface area contributed by atoms with Crippen molar-refractivity contribution in [3.05, 3.63) is 0 Å². The lowest BCUT2D eigenvalue weighted by molar-refractivity contribution is -0.143. The Labute approximate surface area is 177 Å². The number of aliphatic hydroxyl groups is 1. The molecule has 9 N–H and O–H groups in total. The second kappa shape index (κ2) is 13.9. The number of hydrogen-bond acceptors (Lipinski definition) is 7. The molecule has 3 amide bonds. The molecule has 174 valence electrons. The highest BCUT2D eigenvalue weighted by Gasteiger charge is 2.31. The number of aliphatic carboxylic acids is 1. The van der Waals surface area contributed by atoms with Crippen molar-refractivity contribution in [2.75, 3.05) is 6.54 Å². The fraction of sp³-hybridized carbons (Fsp3) is 0.789. The monoisotopic (exact) mass is 431 g/mol. The van der Waals surface area contributed by atoms with Crippen LogP contribution in [0.5, 0.6) is 0 Å². The number of unbranched alkanes of at least 4 members (excludes halogenated alkanes) is 1. The van der Waals surface area contributed by atoms with E-state index >= 15 is 0 Å². The van der Waals surface area contributed by atoms with Crippen molar-refractivity contribution >= 4 is 23.7 Å². The summed E-state index contributed by atoms with van der Waals surface area (Å²) in [6.45, 7) is 6.93. The lowest BCUT2D eigenvalue weighted by Crippen LogP contribution is -2.59. The molecule has 0 aromatic rings. The maximum Gasteiger partial charge on any atom is 0.326 e. The Bertz CT molecular complexity index is 584. The fourth-order valence-electron chi connectivity index (χ4n) is 2.70. The molecule has 0 aliphatic carbocycles. The van der Waals surface area contributed by atoms with Crippen molar-refractivity contribution in [1.82, 2.24) is 16.0 Å². The van der Waals surface area contributed by atoms with Gasteiger partial charge in [0.25, 0.3) is 0 Å². The Kier molecular flexibility index (Phi) is 12.8. The maximum absolute atomic E-state index is 12.5. The number of rotatable bonds is 14. The van der Waals surface area contributed by atoms with E-state index in [2.05, 4.69) is 16.0 Å². The Morgan fingerprint density at radius 1 is 0.900 bits per heavy atom. The first-order chi connectivity index (χ1) is 13.9. The molecule has 0 heterocycles. The van der Waals surface area contributed by atoms with Crippen LogP contribution < -0.4 is 27.4 Å². The number of carboxylic acid groups (broad SMARTS) is 1. The fourth-order valence-corrected chi connectivity index (χ4v) is 2.70. The quantitative estimate of drug-likeness (QED) is 0.160. The maximum atomic E-state index is 12.5. The molecule has 0 aliphatic rings. The van der Waals surface area contributed by atoms with E-state index in [0.717, 1.165) is 0 Å². The van der Waals surface area contributed by atoms with Gasteiger partial charge in [-0.2, -0.15) is 0 Å². The van der Waals surface area contributed by atoms with E-state index in [4.69, 9.17) is 11.5 Å². The van der Waals surface area contributed by atoms with Crippen LogP contribution in [0.25, 0.3) is 0 Å². The summed E-state index contributed by atoms with van der Waals surface area (Å²) in [4.78, 5) is 48.3. The molecule has 11 heteroatoms. The Morgan fingerprint density at radius 3 is 1.97 bits per heavy atom. The van der Waals surface area contributed by atoms with Gasteiger partial charge in [-0.3, -0.25) is 14.4 Å². The third-order valence-electron chi connectivity index (χ3n) is 4.44. The van der Waals surface area contributed by atoms with E-state index < -0.39 is 54.0 Å². The summed E-state index contributed by atoms with van der Waals surface area (Å²) < 4.78 is 0. The van der Waals surface area contributed by atoms with Crippen LogP contribution in [0.4, 0.5) is 0 Å². The summed E-state index contributed by atoms with van der Waals surface area (Å²) in [5.41, 5.74) is 11.2. The number of aliphatic hydroxyl groups excluding tert-OH is 1. The lowest BCUT2D eigenvalue weighted by Gasteiger charge is -2.25. The number of carbonyl (C=O) groups is 4. The summed E-state index contributed by atoms with van der Waals surface area (Å²) in [6.07, 6.45) is 0.419. The molecule has 0 saturated heterocycles. The summed E-state index contributed by atoms with van der Waals surface area (Å²) in [5, 5.41) is 26.3. The highest BCUT2D eigenvalue weighted by molar-refractivity contribution is 5.94. The van der Waals surface area contributed by atoms with Gasteiger partial charge in [-0.25, -0.2) is 4.79 Å². The highest BCUT2D eigenvalue weighted by Crippen LogP contribution is 2.04. The number of nitrogens with two attached hydrogens (primary N) is 2. The minimum Gasteiger partial charge on any atom is -0.480 e. The first kappa shape index (κ1) is 27.8. The SMILES string of the molecule is CC(C)CC(N)C(=O)NC(C)C(=O)NC(C(=O)NC(CCCCN)C(=O)O)C(C)O. The van der Waals surface area contributed by atoms with Gasteiger partial charge in [-0.15, -0.1) is 0 Å². The van der Waals surface area contributed by atoms with Crippen LogP contribution in [-0.4, -0.2) is 70.7 Å². The van der Waals surface area contributed by atoms with E-state index in [9.17, 15) is 29.4 Å². The molecule has 5 unspecified atom stereocenters. The molecule has 0 aromatic carbocycles. The van der Waals surface area contributed by atoms with E-state index in [-0.39, 0.29) is 12.3 Å². The number of carbonyl (C=O) groups excluding carboxylic acids is 3. The number of carboxylic acids is 1. The van der Waals surface area contributed by atoms with Gasteiger partial charge < -0.3 is 37.6 Å². The van der Waals surface area contributed by atoms with Crippen molar-refractivity contribution in [3.63, 3.8) is 0 Å². The van der Waals surface area contributed by atoms with Gasteiger partial charge in [0.15, 0.2) is 0 Å². The Hall–Kier alpha value is -2.24. The van der Waals surface area contributed by atoms with E-state index in [1.807, 2.05) is 13.8 Å². The van der Waals surface area contributed by atoms with Gasteiger partial charge in [0, 0.05) is 0 Å². The lowest BCUT2D eigenvalue weighted by atomic mass is 10.0. The third-order valence-corrected chi connectivity index (χ3v) is 4.44. The summed E-state index contributed by atoms with van der Waals surface area (Å²) in [7, 11) is 0. The van der Waals surface area contributed by atoms with Crippen LogP contribution in [0.3, 0.4) is 0 Å². The van der Waals surface area contributed by atoms with Crippen molar-refractivity contribution in [3.8, 4) is 0 Å². The third kappa shape index (κ3) is 10.5. The molecule has 0 spiro atoms. The van der Waals surface area contributed by atoms with Crippen LogP contribution in [0, 0.1) is 5.92 Å². The molecular weight excluding hydrogens is 394 g/mol. The first-order valence-electron chi connectivity index (χ1n) is 10.2. The molecule has 0 rings (SSSR count). The van der Waals surface area contributed by atoms with Crippen LogP contribution in [0.1, 0.15) is 53.4 Å². The van der Waals surface area contributed by atoms with Gasteiger partial charge in [0.1, 0.15) is 18.1 Å². The molecule has 11 nitrogen and oxygen atoms in total. The predicted molar refractivity (Wildman–Crippen MR) is 111 cm³/mol. The molecule has 5 atom stereocenters. The zero-order valence-electron chi connectivity index (χ0n) is 18.2. The Balaban J connectivity index is 4.95. The second-order valence-electron chi connectivity index (χ2n) is 7.88. The molecule has 0 saturated carbocycles. The van der Waals surface area contributed by atoms with Crippen LogP contribution in [0.2, 0.25) is 0 Å². The van der Waals surface area contributed by atoms with Crippen LogP contribution in [-0.2, 0) is 19.2 Å². The molecule has 0 aromatic heterocycles. The van der Waals surface area contributed by atoms with Crippen molar-refractivity contribution in [1.29, 1.82) is 0 Å². The average molecular weight is 432 g/mol. The second-order valence-corrected chi connectivity index (χ2v) is 7.88. The minimum atomic E-state index is -1.39. The van der Waals surface area contributed by atoms with Crippen LogP contribution >= 0.6 is 0 Å². The molecule has 0 bridgehead atoms. The van der Waals surface area contributed by atoms with E-state index in [0.29, 0.717) is 25.8 Å². The van der Waals surface area contributed by atoms with Crippen molar-refractivity contribution in [2.45, 2.75) is 83.6 Å². The van der Waals surface area contributed by atoms with E-state index in [1.54, 1.807) is 0 Å². The average Bonchev–Trinajstić information content (AvgIpc) is 2.63. The summed E-state index contributed by atoms with van der Waals surface area (Å²) >= 11 is 0. The zero-order chi connectivity index (χ0) is 23.4. The normalized spacial score (nSPS) is 16.1. The molecule has 0 radical (unpaired) electrons. The summed E-state index contributed by atoms with van der Waals surface area (Å²) in [5.74, 6) is -3.08. The minimum absolute atomic E-state index is 0.166. The van der Waals surface area contributed by atoms with E-state index in [1.165, 1.54) is 13.8 Å². The molecule has 0 fully saturated rings. The van der Waals surface area contributed by atoms with Crippen LogP contribution in [0.15, 0.2) is 0 Å². The van der Waals surface area contributed by atoms with Gasteiger partial charge in [0.2, 0.25) is 17.7 Å². The predicted octanol–water partition coefficient (Wildman–Crippen LogP) is -1.57. The molecule has 30 heavy (non-hydrogen) atoms. The topological polar surface area (TPSA) is 197 Å². The molecule has 0 aliphatic heterocycles. The van der Waals surface area contributed by atoms with Gasteiger partial charge in [-0.05, 0) is 52.0 Å².